The third-order valence-corrected chi connectivity index (χ3v) is 2.62. The Hall–Kier alpha value is -2.94. The number of aryl methyl sites for hydroxylation is 1. The van der Waals surface area contributed by atoms with Gasteiger partial charge in [0.25, 0.3) is 0 Å². The third-order valence-electron chi connectivity index (χ3n) is 2.62. The Balaban J connectivity index is 2.41. The Kier molecular flexibility index (Phi) is 4.14. The van der Waals surface area contributed by atoms with E-state index >= 15 is 0 Å². The van der Waals surface area contributed by atoms with Gasteiger partial charge in [-0.2, -0.15) is 4.98 Å². The van der Waals surface area contributed by atoms with Gasteiger partial charge in [-0.3, -0.25) is 15.5 Å². The van der Waals surface area contributed by atoms with E-state index in [2.05, 4.69) is 15.4 Å². The molecule has 1 heterocycles. The summed E-state index contributed by atoms with van der Waals surface area (Å²) in [5.41, 5.74) is 2.66. The highest BCUT2D eigenvalue weighted by Gasteiger charge is 2.18. The van der Waals surface area contributed by atoms with Gasteiger partial charge in [0, 0.05) is 11.8 Å². The normalized spacial score (nSPS) is 10.0. The van der Waals surface area contributed by atoms with E-state index in [0.29, 0.717) is 11.3 Å². The number of anilines is 1. The zero-order chi connectivity index (χ0) is 15.4. The fourth-order valence-electron chi connectivity index (χ4n) is 1.56. The average molecular weight is 291 g/mol. The Morgan fingerprint density at radius 2 is 2.19 bits per heavy atom. The van der Waals surface area contributed by atoms with Crippen LogP contribution in [-0.2, 0) is 0 Å². The van der Waals surface area contributed by atoms with Crippen LogP contribution in [0, 0.1) is 17.0 Å². The number of methoxy groups -OCH3 is 1. The van der Waals surface area contributed by atoms with Gasteiger partial charge >= 0.3 is 5.69 Å². The van der Waals surface area contributed by atoms with Crippen LogP contribution in [0.1, 0.15) is 5.56 Å². The van der Waals surface area contributed by atoms with Crippen LogP contribution >= 0.6 is 0 Å². The van der Waals surface area contributed by atoms with Crippen molar-refractivity contribution in [3.05, 3.63) is 40.1 Å². The first-order valence-electron chi connectivity index (χ1n) is 5.85. The number of hydrogen-bond acceptors (Lipinski definition) is 8. The minimum Gasteiger partial charge on any atom is -0.496 e. The lowest BCUT2D eigenvalue weighted by molar-refractivity contribution is -0.385. The minimum absolute atomic E-state index is 0.0468. The minimum atomic E-state index is -0.559. The number of nitrogen functional groups attached to an aromatic ring is 1. The van der Waals surface area contributed by atoms with Crippen LogP contribution < -0.4 is 20.7 Å². The maximum atomic E-state index is 11.1. The predicted octanol–water partition coefficient (Wildman–Crippen LogP) is 1.78. The molecule has 0 fully saturated rings. The number of rotatable bonds is 5. The maximum Gasteiger partial charge on any atom is 0.315 e. The van der Waals surface area contributed by atoms with Crippen molar-refractivity contribution < 1.29 is 14.4 Å². The summed E-state index contributed by atoms with van der Waals surface area (Å²) in [7, 11) is 1.42. The van der Waals surface area contributed by atoms with Gasteiger partial charge in [-0.05, 0) is 19.1 Å². The number of aromatic nitrogens is 2. The third kappa shape index (κ3) is 3.15. The topological polar surface area (TPSA) is 125 Å². The number of nitrogens with zero attached hydrogens (tertiary/aromatic N) is 3. The summed E-state index contributed by atoms with van der Waals surface area (Å²) in [6, 6.07) is 4.27. The quantitative estimate of drug-likeness (QED) is 0.485. The van der Waals surface area contributed by atoms with Gasteiger partial charge in [-0.15, -0.1) is 0 Å². The van der Waals surface area contributed by atoms with Crippen molar-refractivity contribution in [1.82, 2.24) is 9.97 Å². The van der Waals surface area contributed by atoms with Crippen molar-refractivity contribution in [2.45, 2.75) is 6.92 Å². The lowest BCUT2D eigenvalue weighted by Crippen LogP contribution is -2.11. The molecule has 0 aliphatic heterocycles. The monoisotopic (exact) mass is 291 g/mol. The fraction of sp³-hybridized carbons (Fsp3) is 0.167. The van der Waals surface area contributed by atoms with Crippen LogP contribution in [0.4, 0.5) is 11.6 Å². The summed E-state index contributed by atoms with van der Waals surface area (Å²) < 4.78 is 10.5. The second-order valence-electron chi connectivity index (χ2n) is 4.02. The van der Waals surface area contributed by atoms with Gasteiger partial charge in [0.05, 0.1) is 18.1 Å². The van der Waals surface area contributed by atoms with E-state index < -0.39 is 4.92 Å². The van der Waals surface area contributed by atoms with Crippen LogP contribution in [0.5, 0.6) is 17.4 Å². The van der Waals surface area contributed by atoms with E-state index in [0.717, 1.165) is 0 Å². The van der Waals surface area contributed by atoms with Gasteiger partial charge in [-0.1, -0.05) is 0 Å². The molecule has 0 bridgehead atoms. The van der Waals surface area contributed by atoms with Gasteiger partial charge in [-0.25, -0.2) is 10.8 Å². The Morgan fingerprint density at radius 3 is 2.81 bits per heavy atom. The molecule has 0 aliphatic carbocycles. The number of nitro benzene ring substituents is 1. The molecular formula is C12H13N5O4. The SMILES string of the molecule is COc1ccc(Oc2nc(NN)ncc2C)c([N+](=O)[O-])c1. The molecule has 2 aromatic rings. The highest BCUT2D eigenvalue weighted by molar-refractivity contribution is 5.52. The van der Waals surface area contributed by atoms with Crippen LogP contribution in [-0.4, -0.2) is 22.0 Å². The molecule has 1 aromatic heterocycles. The van der Waals surface area contributed by atoms with Crippen molar-refractivity contribution in [1.29, 1.82) is 0 Å². The summed E-state index contributed by atoms with van der Waals surface area (Å²) in [6.45, 7) is 1.71. The van der Waals surface area contributed by atoms with Gasteiger partial charge < -0.3 is 9.47 Å². The number of hydrazine groups is 1. The summed E-state index contributed by atoms with van der Waals surface area (Å²) in [5.74, 6) is 5.95. The highest BCUT2D eigenvalue weighted by Crippen LogP contribution is 2.34. The van der Waals surface area contributed by atoms with E-state index in [9.17, 15) is 10.1 Å². The fourth-order valence-corrected chi connectivity index (χ4v) is 1.56. The van der Waals surface area contributed by atoms with E-state index in [-0.39, 0.29) is 23.3 Å². The first-order valence-corrected chi connectivity index (χ1v) is 5.85. The highest BCUT2D eigenvalue weighted by atomic mass is 16.6. The molecule has 0 amide bonds. The predicted molar refractivity (Wildman–Crippen MR) is 74.3 cm³/mol. The lowest BCUT2D eigenvalue weighted by Gasteiger charge is -2.09. The van der Waals surface area contributed by atoms with Gasteiger partial charge in [0.15, 0.2) is 0 Å². The maximum absolute atomic E-state index is 11.1. The lowest BCUT2D eigenvalue weighted by atomic mass is 10.2. The van der Waals surface area contributed by atoms with Gasteiger partial charge in [0.1, 0.15) is 5.75 Å². The molecule has 0 unspecified atom stereocenters. The molecular weight excluding hydrogens is 278 g/mol. The van der Waals surface area contributed by atoms with Crippen molar-refractivity contribution in [2.24, 2.45) is 5.84 Å². The largest absolute Gasteiger partial charge is 0.496 e. The second-order valence-corrected chi connectivity index (χ2v) is 4.02. The standard InChI is InChI=1S/C12H13N5O4/c1-7-6-14-12(16-13)15-11(7)21-10-4-3-8(20-2)5-9(10)17(18)19/h3-6H,13H2,1-2H3,(H,14,15,16). The van der Waals surface area contributed by atoms with Crippen molar-refractivity contribution in [2.75, 3.05) is 12.5 Å². The molecule has 0 atom stereocenters. The van der Waals surface area contributed by atoms with E-state index in [1.807, 2.05) is 0 Å². The molecule has 0 radical (unpaired) electrons. The Morgan fingerprint density at radius 1 is 1.43 bits per heavy atom. The zero-order valence-electron chi connectivity index (χ0n) is 11.4. The number of benzene rings is 1. The molecule has 21 heavy (non-hydrogen) atoms. The number of ether oxygens (including phenoxy) is 2. The molecule has 0 saturated carbocycles. The summed E-state index contributed by atoms with van der Waals surface area (Å²) in [4.78, 5) is 18.4. The molecule has 9 nitrogen and oxygen atoms in total. The molecule has 0 spiro atoms. The first-order chi connectivity index (χ1) is 10.0. The number of nitro groups is 1. The van der Waals surface area contributed by atoms with Crippen LogP contribution in [0.25, 0.3) is 0 Å². The number of nitrogens with one attached hydrogen (secondary N) is 1. The van der Waals surface area contributed by atoms with Gasteiger partial charge in [0.2, 0.25) is 17.6 Å². The van der Waals surface area contributed by atoms with Crippen LogP contribution in [0.15, 0.2) is 24.4 Å². The number of hydrogen-bond donors (Lipinski definition) is 2. The summed E-state index contributed by atoms with van der Waals surface area (Å²) >= 11 is 0. The smallest absolute Gasteiger partial charge is 0.315 e. The average Bonchev–Trinajstić information content (AvgIpc) is 2.49. The van der Waals surface area contributed by atoms with Crippen LogP contribution in [0.3, 0.4) is 0 Å². The van der Waals surface area contributed by atoms with Crippen molar-refractivity contribution in [3.63, 3.8) is 0 Å². The molecule has 0 aliphatic rings. The molecule has 0 saturated heterocycles. The van der Waals surface area contributed by atoms with Crippen molar-refractivity contribution >= 4 is 11.6 Å². The van der Waals surface area contributed by atoms with E-state index in [1.165, 1.54) is 25.4 Å². The van der Waals surface area contributed by atoms with E-state index in [4.69, 9.17) is 15.3 Å². The molecule has 9 heteroatoms. The van der Waals surface area contributed by atoms with E-state index in [1.54, 1.807) is 13.0 Å². The Bertz CT molecular complexity index is 677. The molecule has 3 N–H and O–H groups in total. The molecule has 1 aromatic carbocycles. The summed E-state index contributed by atoms with van der Waals surface area (Å²) in [5, 5.41) is 11.1. The Labute approximate surface area is 119 Å². The zero-order valence-corrected chi connectivity index (χ0v) is 11.4. The second kappa shape index (κ2) is 6.01. The molecule has 110 valence electrons. The molecule has 2 rings (SSSR count). The summed E-state index contributed by atoms with van der Waals surface area (Å²) in [6.07, 6.45) is 1.49. The number of nitrogens with two attached hydrogens (primary N) is 1. The van der Waals surface area contributed by atoms with Crippen LogP contribution in [0.2, 0.25) is 0 Å². The van der Waals surface area contributed by atoms with Crippen molar-refractivity contribution in [3.8, 4) is 17.4 Å². The first kappa shape index (κ1) is 14.5.